The number of aromatic nitrogens is 2. The number of carbonyl (C=O) groups excluding carboxylic acids is 1. The molecule has 7 nitrogen and oxygen atoms in total. The van der Waals surface area contributed by atoms with Gasteiger partial charge in [0.2, 0.25) is 10.0 Å². The van der Waals surface area contributed by atoms with Crippen LogP contribution in [0.25, 0.3) is 5.69 Å². The summed E-state index contributed by atoms with van der Waals surface area (Å²) in [7, 11) is -3.71. The van der Waals surface area contributed by atoms with Gasteiger partial charge in [-0.3, -0.25) is 4.79 Å². The maximum atomic E-state index is 12.2. The van der Waals surface area contributed by atoms with Crippen LogP contribution in [-0.4, -0.2) is 24.1 Å². The summed E-state index contributed by atoms with van der Waals surface area (Å²) < 4.78 is 25.1. The summed E-state index contributed by atoms with van der Waals surface area (Å²) in [5.41, 5.74) is 1.33. The van der Waals surface area contributed by atoms with Gasteiger partial charge in [-0.25, -0.2) is 18.2 Å². The van der Waals surface area contributed by atoms with E-state index in [0.29, 0.717) is 10.4 Å². The van der Waals surface area contributed by atoms with Crippen LogP contribution in [-0.2, 0) is 16.6 Å². The third-order valence-electron chi connectivity index (χ3n) is 3.29. The van der Waals surface area contributed by atoms with E-state index in [1.54, 1.807) is 41.2 Å². The van der Waals surface area contributed by atoms with Crippen LogP contribution in [0.4, 0.5) is 0 Å². The number of thiophene rings is 1. The Morgan fingerprint density at radius 3 is 2.52 bits per heavy atom. The van der Waals surface area contributed by atoms with Crippen molar-refractivity contribution in [3.8, 4) is 5.69 Å². The zero-order chi connectivity index (χ0) is 18.0. The van der Waals surface area contributed by atoms with Crippen LogP contribution in [0.3, 0.4) is 0 Å². The highest BCUT2D eigenvalue weighted by atomic mass is 79.9. The van der Waals surface area contributed by atoms with E-state index in [0.717, 1.165) is 21.5 Å². The van der Waals surface area contributed by atoms with Gasteiger partial charge in [-0.1, -0.05) is 0 Å². The molecule has 3 rings (SSSR count). The lowest BCUT2D eigenvalue weighted by atomic mass is 10.2. The van der Waals surface area contributed by atoms with Gasteiger partial charge < -0.3 is 5.32 Å². The molecule has 2 aromatic heterocycles. The standard InChI is InChI=1S/C15H13BrN4O3S2/c16-11-7-19-20(9-11)12-3-1-10(2-4-12)15(21)18-8-13-5-6-14(24-13)25(17,22)23/h1-7,9H,8H2,(H,18,21)(H2,17,22,23). The number of nitrogens with two attached hydrogens (primary N) is 1. The van der Waals surface area contributed by atoms with Crippen molar-refractivity contribution in [2.75, 3.05) is 0 Å². The van der Waals surface area contributed by atoms with Gasteiger partial charge in [-0.2, -0.15) is 5.10 Å². The van der Waals surface area contributed by atoms with Gasteiger partial charge in [0.05, 0.1) is 22.9 Å². The number of nitrogens with zero attached hydrogens (tertiary/aromatic N) is 2. The zero-order valence-corrected chi connectivity index (χ0v) is 15.9. The number of hydrogen-bond donors (Lipinski definition) is 2. The van der Waals surface area contributed by atoms with Gasteiger partial charge in [0, 0.05) is 16.6 Å². The summed E-state index contributed by atoms with van der Waals surface area (Å²) in [6.45, 7) is 0.229. The first-order valence-corrected chi connectivity index (χ1v) is 10.2. The molecular weight excluding hydrogens is 428 g/mol. The normalized spacial score (nSPS) is 11.4. The first-order valence-electron chi connectivity index (χ1n) is 7.03. The summed E-state index contributed by atoms with van der Waals surface area (Å²) in [6.07, 6.45) is 3.49. The number of sulfonamides is 1. The van der Waals surface area contributed by atoms with E-state index in [1.165, 1.54) is 6.07 Å². The van der Waals surface area contributed by atoms with Crippen LogP contribution in [0.2, 0.25) is 0 Å². The van der Waals surface area contributed by atoms with Crippen molar-refractivity contribution >= 4 is 43.2 Å². The summed E-state index contributed by atoms with van der Waals surface area (Å²) >= 11 is 4.37. The molecule has 0 saturated carbocycles. The Morgan fingerprint density at radius 1 is 1.24 bits per heavy atom. The topological polar surface area (TPSA) is 107 Å². The third kappa shape index (κ3) is 4.34. The van der Waals surface area contributed by atoms with Crippen LogP contribution < -0.4 is 10.5 Å². The molecule has 3 aromatic rings. The summed E-state index contributed by atoms with van der Waals surface area (Å²) in [5.74, 6) is -0.251. The Labute approximate surface area is 156 Å². The second-order valence-corrected chi connectivity index (χ2v) is 8.97. The van der Waals surface area contributed by atoms with Gasteiger partial charge in [0.25, 0.3) is 5.91 Å². The molecule has 0 bridgehead atoms. The molecule has 2 heterocycles. The van der Waals surface area contributed by atoms with Gasteiger partial charge in [0.15, 0.2) is 0 Å². The summed E-state index contributed by atoms with van der Waals surface area (Å²) in [4.78, 5) is 12.9. The largest absolute Gasteiger partial charge is 0.347 e. The Bertz CT molecular complexity index is 1010. The van der Waals surface area contributed by atoms with Gasteiger partial charge in [-0.05, 0) is 52.3 Å². The molecule has 1 aromatic carbocycles. The number of primary sulfonamides is 1. The van der Waals surface area contributed by atoms with Crippen molar-refractivity contribution in [2.24, 2.45) is 5.14 Å². The van der Waals surface area contributed by atoms with E-state index in [1.807, 2.05) is 6.20 Å². The van der Waals surface area contributed by atoms with Crippen LogP contribution in [0.5, 0.6) is 0 Å². The van der Waals surface area contributed by atoms with Gasteiger partial charge >= 0.3 is 0 Å². The number of carbonyl (C=O) groups is 1. The fourth-order valence-electron chi connectivity index (χ4n) is 2.08. The minimum Gasteiger partial charge on any atom is -0.347 e. The molecule has 3 N–H and O–H groups in total. The summed E-state index contributed by atoms with van der Waals surface area (Å²) in [5, 5.41) is 12.0. The lowest BCUT2D eigenvalue weighted by Crippen LogP contribution is -2.22. The van der Waals surface area contributed by atoms with Crippen molar-refractivity contribution < 1.29 is 13.2 Å². The van der Waals surface area contributed by atoms with Gasteiger partial charge in [0.1, 0.15) is 4.21 Å². The fourth-order valence-corrected chi connectivity index (χ4v) is 4.09. The first kappa shape index (κ1) is 17.8. The van der Waals surface area contributed by atoms with Crippen LogP contribution in [0.1, 0.15) is 15.2 Å². The van der Waals surface area contributed by atoms with Crippen molar-refractivity contribution in [1.82, 2.24) is 15.1 Å². The fraction of sp³-hybridized carbons (Fsp3) is 0.0667. The average Bonchev–Trinajstić information content (AvgIpc) is 3.21. The molecule has 0 spiro atoms. The number of rotatable bonds is 5. The van der Waals surface area contributed by atoms with Gasteiger partial charge in [-0.15, -0.1) is 11.3 Å². The molecule has 10 heteroatoms. The molecule has 0 atom stereocenters. The Kier molecular flexibility index (Phi) is 5.04. The lowest BCUT2D eigenvalue weighted by molar-refractivity contribution is 0.0951. The maximum Gasteiger partial charge on any atom is 0.251 e. The molecule has 0 radical (unpaired) electrons. The second-order valence-electron chi connectivity index (χ2n) is 5.10. The molecule has 130 valence electrons. The van der Waals surface area contributed by atoms with Crippen LogP contribution >= 0.6 is 27.3 Å². The predicted molar refractivity (Wildman–Crippen MR) is 98.1 cm³/mol. The van der Waals surface area contributed by atoms with E-state index in [4.69, 9.17) is 5.14 Å². The average molecular weight is 441 g/mol. The second kappa shape index (κ2) is 7.08. The van der Waals surface area contributed by atoms with E-state index in [2.05, 4.69) is 26.3 Å². The smallest absolute Gasteiger partial charge is 0.251 e. The van der Waals surface area contributed by atoms with Crippen LogP contribution in [0, 0.1) is 0 Å². The molecule has 25 heavy (non-hydrogen) atoms. The number of amides is 1. The van der Waals surface area contributed by atoms with E-state index in [9.17, 15) is 13.2 Å². The molecule has 0 aliphatic carbocycles. The highest BCUT2D eigenvalue weighted by Crippen LogP contribution is 2.20. The van der Waals surface area contributed by atoms with E-state index in [-0.39, 0.29) is 16.7 Å². The number of nitrogens with one attached hydrogen (secondary N) is 1. The maximum absolute atomic E-state index is 12.2. The monoisotopic (exact) mass is 440 g/mol. The van der Waals surface area contributed by atoms with E-state index >= 15 is 0 Å². The SMILES string of the molecule is NS(=O)(=O)c1ccc(CNC(=O)c2ccc(-n3cc(Br)cn3)cc2)s1. The van der Waals surface area contributed by atoms with Crippen molar-refractivity contribution in [3.63, 3.8) is 0 Å². The minimum absolute atomic E-state index is 0.0754. The first-order chi connectivity index (χ1) is 11.8. The molecule has 0 saturated heterocycles. The van der Waals surface area contributed by atoms with Crippen LogP contribution in [0.15, 0.2) is 57.5 Å². The number of hydrogen-bond acceptors (Lipinski definition) is 5. The Balaban J connectivity index is 1.64. The molecule has 0 fully saturated rings. The quantitative estimate of drug-likeness (QED) is 0.634. The molecular formula is C15H13BrN4O3S2. The third-order valence-corrected chi connectivity index (χ3v) is 6.22. The predicted octanol–water partition coefficient (Wildman–Crippen LogP) is 2.27. The molecule has 0 unspecified atom stereocenters. The van der Waals surface area contributed by atoms with E-state index < -0.39 is 10.0 Å². The molecule has 1 amide bonds. The highest BCUT2D eigenvalue weighted by Gasteiger charge is 2.12. The molecule has 0 aliphatic heterocycles. The molecule has 0 aliphatic rings. The zero-order valence-electron chi connectivity index (χ0n) is 12.7. The van der Waals surface area contributed by atoms with Crippen molar-refractivity contribution in [1.29, 1.82) is 0 Å². The number of benzene rings is 1. The highest BCUT2D eigenvalue weighted by molar-refractivity contribution is 9.10. The number of halogens is 1. The van der Waals surface area contributed by atoms with Crippen molar-refractivity contribution in [3.05, 3.63) is 63.7 Å². The minimum atomic E-state index is -3.71. The summed E-state index contributed by atoms with van der Waals surface area (Å²) in [6, 6.07) is 10.0. The Morgan fingerprint density at radius 2 is 1.96 bits per heavy atom. The van der Waals surface area contributed by atoms with Crippen molar-refractivity contribution in [2.45, 2.75) is 10.8 Å². The Hall–Kier alpha value is -2.01. The lowest BCUT2D eigenvalue weighted by Gasteiger charge is -2.05.